The highest BCUT2D eigenvalue weighted by Gasteiger charge is 2.08. The van der Waals surface area contributed by atoms with Gasteiger partial charge in [-0.3, -0.25) is 4.79 Å². The molecule has 0 aliphatic carbocycles. The molecule has 4 heteroatoms. The van der Waals surface area contributed by atoms with Crippen LogP contribution in [0.4, 0.5) is 0 Å². The molecule has 1 unspecified atom stereocenters. The van der Waals surface area contributed by atoms with Crippen molar-refractivity contribution in [3.63, 3.8) is 0 Å². The zero-order valence-corrected chi connectivity index (χ0v) is 11.7. The second kappa shape index (κ2) is 6.26. The van der Waals surface area contributed by atoms with Crippen molar-refractivity contribution in [2.24, 2.45) is 5.92 Å². The largest absolute Gasteiger partial charge is 0.352 e. The van der Waals surface area contributed by atoms with Crippen molar-refractivity contribution in [3.8, 4) is 0 Å². The maximum atomic E-state index is 11.8. The number of amides is 1. The Hall–Kier alpha value is -0.540. The molecular formula is C12H15BrClNO. The zero-order chi connectivity index (χ0) is 12.1. The van der Waals surface area contributed by atoms with Crippen LogP contribution in [-0.2, 0) is 0 Å². The van der Waals surface area contributed by atoms with E-state index in [4.69, 9.17) is 11.6 Å². The Labute approximate surface area is 110 Å². The summed E-state index contributed by atoms with van der Waals surface area (Å²) in [6.45, 7) is 4.63. The summed E-state index contributed by atoms with van der Waals surface area (Å²) < 4.78 is 0. The lowest BCUT2D eigenvalue weighted by Crippen LogP contribution is -2.28. The molecule has 0 spiro atoms. The van der Waals surface area contributed by atoms with Crippen molar-refractivity contribution >= 4 is 33.4 Å². The van der Waals surface area contributed by atoms with Crippen molar-refractivity contribution in [3.05, 3.63) is 34.3 Å². The van der Waals surface area contributed by atoms with E-state index in [1.165, 1.54) is 0 Å². The molecule has 0 aliphatic heterocycles. The van der Waals surface area contributed by atoms with E-state index >= 15 is 0 Å². The SMILES string of the molecule is Cc1cc(C(=O)NCC(C)CBr)ccc1Cl. The normalized spacial score (nSPS) is 12.2. The summed E-state index contributed by atoms with van der Waals surface area (Å²) in [6.07, 6.45) is 0. The van der Waals surface area contributed by atoms with Gasteiger partial charge in [0, 0.05) is 22.5 Å². The molecular weight excluding hydrogens is 289 g/mol. The minimum atomic E-state index is -0.0485. The Morgan fingerprint density at radius 3 is 2.81 bits per heavy atom. The summed E-state index contributed by atoms with van der Waals surface area (Å²) in [5.74, 6) is 0.380. The topological polar surface area (TPSA) is 29.1 Å². The summed E-state index contributed by atoms with van der Waals surface area (Å²) in [5.41, 5.74) is 1.58. The number of aryl methyl sites for hydroxylation is 1. The molecule has 1 amide bonds. The molecule has 0 aliphatic rings. The van der Waals surface area contributed by atoms with Gasteiger partial charge in [-0.1, -0.05) is 34.5 Å². The van der Waals surface area contributed by atoms with Crippen LogP contribution in [0.5, 0.6) is 0 Å². The van der Waals surface area contributed by atoms with Crippen LogP contribution in [0.15, 0.2) is 18.2 Å². The minimum absolute atomic E-state index is 0.0485. The average molecular weight is 305 g/mol. The lowest BCUT2D eigenvalue weighted by Gasteiger charge is -2.10. The van der Waals surface area contributed by atoms with Crippen molar-refractivity contribution < 1.29 is 4.79 Å². The van der Waals surface area contributed by atoms with Crippen LogP contribution in [0.25, 0.3) is 0 Å². The molecule has 1 N–H and O–H groups in total. The Balaban J connectivity index is 2.63. The molecule has 0 aromatic heterocycles. The molecule has 0 heterocycles. The van der Waals surface area contributed by atoms with Crippen LogP contribution in [0.1, 0.15) is 22.8 Å². The Kier molecular flexibility index (Phi) is 5.29. The first-order valence-corrected chi connectivity index (χ1v) is 6.65. The molecule has 1 aromatic carbocycles. The van der Waals surface area contributed by atoms with Gasteiger partial charge in [0.05, 0.1) is 0 Å². The molecule has 16 heavy (non-hydrogen) atoms. The van der Waals surface area contributed by atoms with Gasteiger partial charge in [0.25, 0.3) is 5.91 Å². The van der Waals surface area contributed by atoms with Gasteiger partial charge < -0.3 is 5.32 Å². The van der Waals surface area contributed by atoms with Crippen molar-refractivity contribution in [2.45, 2.75) is 13.8 Å². The van der Waals surface area contributed by atoms with Crippen LogP contribution in [-0.4, -0.2) is 17.8 Å². The highest BCUT2D eigenvalue weighted by molar-refractivity contribution is 9.09. The maximum absolute atomic E-state index is 11.8. The molecule has 1 rings (SSSR count). The van der Waals surface area contributed by atoms with Crippen molar-refractivity contribution in [2.75, 3.05) is 11.9 Å². The predicted octanol–water partition coefficient (Wildman–Crippen LogP) is 3.41. The van der Waals surface area contributed by atoms with E-state index in [1.54, 1.807) is 18.2 Å². The smallest absolute Gasteiger partial charge is 0.251 e. The highest BCUT2D eigenvalue weighted by Crippen LogP contribution is 2.16. The van der Waals surface area contributed by atoms with Gasteiger partial charge in [0.2, 0.25) is 0 Å². The zero-order valence-electron chi connectivity index (χ0n) is 9.39. The van der Waals surface area contributed by atoms with Gasteiger partial charge >= 0.3 is 0 Å². The van der Waals surface area contributed by atoms with E-state index in [0.717, 1.165) is 10.9 Å². The van der Waals surface area contributed by atoms with Gasteiger partial charge in [-0.25, -0.2) is 0 Å². The first-order valence-electron chi connectivity index (χ1n) is 5.15. The number of nitrogens with one attached hydrogen (secondary N) is 1. The van der Waals surface area contributed by atoms with E-state index in [2.05, 4.69) is 28.2 Å². The number of rotatable bonds is 4. The summed E-state index contributed by atoms with van der Waals surface area (Å²) in [6, 6.07) is 5.29. The molecule has 0 radical (unpaired) electrons. The predicted molar refractivity (Wildman–Crippen MR) is 71.5 cm³/mol. The molecule has 0 saturated carbocycles. The monoisotopic (exact) mass is 303 g/mol. The van der Waals surface area contributed by atoms with Crippen LogP contribution in [0.2, 0.25) is 5.02 Å². The van der Waals surface area contributed by atoms with Crippen molar-refractivity contribution in [1.29, 1.82) is 0 Å². The average Bonchev–Trinajstić information content (AvgIpc) is 2.29. The number of carbonyl (C=O) groups excluding carboxylic acids is 1. The fourth-order valence-corrected chi connectivity index (χ4v) is 1.56. The third kappa shape index (κ3) is 3.80. The van der Waals surface area contributed by atoms with Crippen LogP contribution in [0.3, 0.4) is 0 Å². The van der Waals surface area contributed by atoms with E-state index in [9.17, 15) is 4.79 Å². The lowest BCUT2D eigenvalue weighted by atomic mass is 10.1. The van der Waals surface area contributed by atoms with E-state index in [0.29, 0.717) is 23.0 Å². The number of hydrogen-bond acceptors (Lipinski definition) is 1. The van der Waals surface area contributed by atoms with Gasteiger partial charge in [-0.2, -0.15) is 0 Å². The second-order valence-electron chi connectivity index (χ2n) is 3.93. The molecule has 88 valence electrons. The maximum Gasteiger partial charge on any atom is 0.251 e. The molecule has 1 aromatic rings. The highest BCUT2D eigenvalue weighted by atomic mass is 79.9. The summed E-state index contributed by atoms with van der Waals surface area (Å²) in [7, 11) is 0. The fourth-order valence-electron chi connectivity index (χ4n) is 1.21. The molecule has 1 atom stereocenters. The first kappa shape index (κ1) is 13.5. The van der Waals surface area contributed by atoms with Gasteiger partial charge in [0.1, 0.15) is 0 Å². The van der Waals surface area contributed by atoms with E-state index in [1.807, 2.05) is 6.92 Å². The summed E-state index contributed by atoms with van der Waals surface area (Å²) in [5, 5.41) is 4.45. The molecule has 0 fully saturated rings. The number of hydrogen-bond donors (Lipinski definition) is 1. The molecule has 2 nitrogen and oxygen atoms in total. The first-order chi connectivity index (χ1) is 7.54. The van der Waals surface area contributed by atoms with Gasteiger partial charge in [-0.05, 0) is 36.6 Å². The van der Waals surface area contributed by atoms with Gasteiger partial charge in [0.15, 0.2) is 0 Å². The molecule has 0 bridgehead atoms. The van der Waals surface area contributed by atoms with Crippen LogP contribution >= 0.6 is 27.5 Å². The fraction of sp³-hybridized carbons (Fsp3) is 0.417. The Morgan fingerprint density at radius 1 is 1.56 bits per heavy atom. The number of benzene rings is 1. The third-order valence-corrected chi connectivity index (χ3v) is 3.82. The minimum Gasteiger partial charge on any atom is -0.352 e. The van der Waals surface area contributed by atoms with Gasteiger partial charge in [-0.15, -0.1) is 0 Å². The third-order valence-electron chi connectivity index (χ3n) is 2.29. The van der Waals surface area contributed by atoms with Crippen LogP contribution < -0.4 is 5.32 Å². The van der Waals surface area contributed by atoms with Crippen LogP contribution in [0, 0.1) is 12.8 Å². The number of alkyl halides is 1. The second-order valence-corrected chi connectivity index (χ2v) is 4.99. The number of halogens is 2. The Morgan fingerprint density at radius 2 is 2.25 bits per heavy atom. The lowest BCUT2D eigenvalue weighted by molar-refractivity contribution is 0.0949. The summed E-state index contributed by atoms with van der Waals surface area (Å²) >= 11 is 9.27. The van der Waals surface area contributed by atoms with E-state index < -0.39 is 0 Å². The quantitative estimate of drug-likeness (QED) is 0.849. The Bertz CT molecular complexity index is 381. The van der Waals surface area contributed by atoms with Crippen molar-refractivity contribution in [1.82, 2.24) is 5.32 Å². The molecule has 0 saturated heterocycles. The summed E-state index contributed by atoms with van der Waals surface area (Å²) in [4.78, 5) is 11.8. The standard InChI is InChI=1S/C12H15BrClNO/c1-8(6-13)7-15-12(16)10-3-4-11(14)9(2)5-10/h3-5,8H,6-7H2,1-2H3,(H,15,16). The van der Waals surface area contributed by atoms with E-state index in [-0.39, 0.29) is 5.91 Å². The number of carbonyl (C=O) groups is 1.